The molecule has 0 aliphatic heterocycles. The highest BCUT2D eigenvalue weighted by molar-refractivity contribution is 6.03. The van der Waals surface area contributed by atoms with Gasteiger partial charge in [-0.25, -0.2) is 4.98 Å². The molecule has 0 saturated heterocycles. The number of benzene rings is 2. The Morgan fingerprint density at radius 1 is 0.875 bits per heavy atom. The van der Waals surface area contributed by atoms with Crippen LogP contribution in [0.15, 0.2) is 83.4 Å². The molecule has 0 aliphatic rings. The van der Waals surface area contributed by atoms with Gasteiger partial charge in [-0.2, -0.15) is 0 Å². The van der Waals surface area contributed by atoms with E-state index in [1.54, 1.807) is 0 Å². The van der Waals surface area contributed by atoms with Crippen molar-refractivity contribution in [1.82, 2.24) is 9.97 Å². The van der Waals surface area contributed by atoms with E-state index in [2.05, 4.69) is 87.3 Å². The number of fused-ring (bicyclic) bond motifs is 3. The van der Waals surface area contributed by atoms with Crippen molar-refractivity contribution in [2.24, 2.45) is 5.41 Å². The first kappa shape index (κ1) is 20.4. The van der Waals surface area contributed by atoms with Gasteiger partial charge in [0.1, 0.15) is 11.1 Å². The molecule has 5 aromatic rings. The van der Waals surface area contributed by atoms with Crippen LogP contribution in [0.4, 0.5) is 0 Å². The monoisotopic (exact) mass is 420 g/mol. The zero-order chi connectivity index (χ0) is 22.3. The van der Waals surface area contributed by atoms with Crippen molar-refractivity contribution in [1.29, 1.82) is 0 Å². The quantitative estimate of drug-likeness (QED) is 0.298. The molecule has 0 radical (unpaired) electrons. The normalized spacial score (nSPS) is 13.0. The average molecular weight is 421 g/mol. The van der Waals surface area contributed by atoms with Crippen molar-refractivity contribution in [3.8, 4) is 11.3 Å². The van der Waals surface area contributed by atoms with Crippen LogP contribution in [0, 0.1) is 5.41 Å². The van der Waals surface area contributed by atoms with E-state index in [0.29, 0.717) is 5.92 Å². The van der Waals surface area contributed by atoms with Crippen molar-refractivity contribution in [2.45, 2.75) is 40.0 Å². The third-order valence-corrected chi connectivity index (χ3v) is 6.48. The van der Waals surface area contributed by atoms with E-state index in [9.17, 15) is 0 Å². The molecule has 1 unspecified atom stereocenters. The molecule has 5 rings (SSSR count). The van der Waals surface area contributed by atoms with E-state index in [1.165, 1.54) is 11.1 Å². The molecular formula is C29H28N2O. The molecule has 0 bridgehead atoms. The molecule has 3 aromatic heterocycles. The standard InChI is InChI=1S/C29H28N2O/c1-19(29(2,3)4)21-14-15-30-25(18-21)22-10-12-26-24(17-22)28-27(32-26)13-11-23(31-28)16-20-8-6-5-7-9-20/h5-15,17-19H,16H2,1-4H3. The van der Waals surface area contributed by atoms with Crippen LogP contribution in [0.2, 0.25) is 0 Å². The predicted octanol–water partition coefficient (Wildman–Crippen LogP) is 7.78. The first-order valence-electron chi connectivity index (χ1n) is 11.2. The molecule has 3 heteroatoms. The zero-order valence-corrected chi connectivity index (χ0v) is 19.1. The van der Waals surface area contributed by atoms with Gasteiger partial charge in [0.05, 0.1) is 5.69 Å². The van der Waals surface area contributed by atoms with Crippen molar-refractivity contribution < 1.29 is 4.42 Å². The number of nitrogens with zero attached hydrogens (tertiary/aromatic N) is 2. The van der Waals surface area contributed by atoms with Crippen molar-refractivity contribution >= 4 is 22.1 Å². The number of furan rings is 1. The van der Waals surface area contributed by atoms with Crippen LogP contribution in [0.25, 0.3) is 33.3 Å². The Morgan fingerprint density at radius 2 is 1.66 bits per heavy atom. The maximum Gasteiger partial charge on any atom is 0.153 e. The molecule has 160 valence electrons. The maximum atomic E-state index is 6.07. The van der Waals surface area contributed by atoms with Gasteiger partial charge in [0.25, 0.3) is 0 Å². The molecule has 0 amide bonds. The van der Waals surface area contributed by atoms with E-state index in [-0.39, 0.29) is 5.41 Å². The average Bonchev–Trinajstić information content (AvgIpc) is 3.16. The lowest BCUT2D eigenvalue weighted by Gasteiger charge is -2.27. The molecule has 0 spiro atoms. The first-order valence-corrected chi connectivity index (χ1v) is 11.2. The highest BCUT2D eigenvalue weighted by Crippen LogP contribution is 2.36. The third-order valence-electron chi connectivity index (χ3n) is 6.48. The summed E-state index contributed by atoms with van der Waals surface area (Å²) in [5, 5.41) is 1.03. The highest BCUT2D eigenvalue weighted by atomic mass is 16.3. The topological polar surface area (TPSA) is 38.9 Å². The van der Waals surface area contributed by atoms with Gasteiger partial charge in [-0.05, 0) is 64.9 Å². The Labute approximate surface area is 189 Å². The van der Waals surface area contributed by atoms with Gasteiger partial charge in [-0.1, -0.05) is 58.0 Å². The van der Waals surface area contributed by atoms with E-state index in [0.717, 1.165) is 45.4 Å². The van der Waals surface area contributed by atoms with E-state index in [1.807, 2.05) is 24.4 Å². The number of rotatable bonds is 4. The fraction of sp³-hybridized carbons (Fsp3) is 0.241. The molecule has 32 heavy (non-hydrogen) atoms. The van der Waals surface area contributed by atoms with E-state index in [4.69, 9.17) is 9.40 Å². The molecule has 3 nitrogen and oxygen atoms in total. The van der Waals surface area contributed by atoms with Crippen LogP contribution in [0.3, 0.4) is 0 Å². The van der Waals surface area contributed by atoms with Gasteiger partial charge in [0.15, 0.2) is 5.58 Å². The molecule has 1 atom stereocenters. The first-order chi connectivity index (χ1) is 15.4. The van der Waals surface area contributed by atoms with Gasteiger partial charge < -0.3 is 4.42 Å². The summed E-state index contributed by atoms with van der Waals surface area (Å²) in [5.74, 6) is 0.435. The minimum atomic E-state index is 0.197. The van der Waals surface area contributed by atoms with Gasteiger partial charge in [0, 0.05) is 29.3 Å². The summed E-state index contributed by atoms with van der Waals surface area (Å²) < 4.78 is 6.07. The molecule has 0 aliphatic carbocycles. The lowest BCUT2D eigenvalue weighted by Crippen LogP contribution is -2.15. The molecule has 0 saturated carbocycles. The number of aromatic nitrogens is 2. The summed E-state index contributed by atoms with van der Waals surface area (Å²) in [6, 6.07) is 25.1. The smallest absolute Gasteiger partial charge is 0.153 e. The van der Waals surface area contributed by atoms with Crippen LogP contribution in [0.5, 0.6) is 0 Å². The molecule has 2 aromatic carbocycles. The number of pyridine rings is 2. The SMILES string of the molecule is CC(c1ccnc(-c2ccc3oc4ccc(Cc5ccccc5)nc4c3c2)c1)C(C)(C)C. The largest absolute Gasteiger partial charge is 0.454 e. The second-order valence-corrected chi connectivity index (χ2v) is 9.69. The fourth-order valence-corrected chi connectivity index (χ4v) is 4.12. The summed E-state index contributed by atoms with van der Waals surface area (Å²) in [7, 11) is 0. The summed E-state index contributed by atoms with van der Waals surface area (Å²) >= 11 is 0. The lowest BCUT2D eigenvalue weighted by atomic mass is 9.78. The van der Waals surface area contributed by atoms with Crippen LogP contribution in [0.1, 0.15) is 50.4 Å². The Bertz CT molecular complexity index is 1390. The molecule has 3 heterocycles. The van der Waals surface area contributed by atoms with Gasteiger partial charge in [-0.3, -0.25) is 4.98 Å². The van der Waals surface area contributed by atoms with Crippen molar-refractivity contribution in [2.75, 3.05) is 0 Å². The summed E-state index contributed by atoms with van der Waals surface area (Å²) in [4.78, 5) is 9.63. The summed E-state index contributed by atoms with van der Waals surface area (Å²) in [5.41, 5.74) is 8.44. The van der Waals surface area contributed by atoms with Gasteiger partial charge in [0.2, 0.25) is 0 Å². The van der Waals surface area contributed by atoms with Crippen LogP contribution >= 0.6 is 0 Å². The minimum Gasteiger partial charge on any atom is -0.454 e. The van der Waals surface area contributed by atoms with Crippen LogP contribution in [-0.2, 0) is 6.42 Å². The molecule has 0 fully saturated rings. The van der Waals surface area contributed by atoms with Gasteiger partial charge >= 0.3 is 0 Å². The number of hydrogen-bond acceptors (Lipinski definition) is 3. The Kier molecular flexibility index (Phi) is 5.05. The van der Waals surface area contributed by atoms with Crippen molar-refractivity contribution in [3.63, 3.8) is 0 Å². The zero-order valence-electron chi connectivity index (χ0n) is 19.1. The Hall–Kier alpha value is -3.46. The third kappa shape index (κ3) is 3.91. The lowest BCUT2D eigenvalue weighted by molar-refractivity contribution is 0.339. The highest BCUT2D eigenvalue weighted by Gasteiger charge is 2.22. The predicted molar refractivity (Wildman–Crippen MR) is 132 cm³/mol. The molecule has 0 N–H and O–H groups in total. The Morgan fingerprint density at radius 3 is 2.44 bits per heavy atom. The van der Waals surface area contributed by atoms with E-state index < -0.39 is 0 Å². The van der Waals surface area contributed by atoms with Crippen LogP contribution in [-0.4, -0.2) is 9.97 Å². The second-order valence-electron chi connectivity index (χ2n) is 9.69. The maximum absolute atomic E-state index is 6.07. The van der Waals surface area contributed by atoms with Crippen molar-refractivity contribution in [3.05, 3.63) is 95.8 Å². The van der Waals surface area contributed by atoms with Gasteiger partial charge in [-0.15, -0.1) is 0 Å². The van der Waals surface area contributed by atoms with E-state index >= 15 is 0 Å². The fourth-order valence-electron chi connectivity index (χ4n) is 4.12. The number of hydrogen-bond donors (Lipinski definition) is 0. The summed E-state index contributed by atoms with van der Waals surface area (Å²) in [6.45, 7) is 9.12. The summed E-state index contributed by atoms with van der Waals surface area (Å²) in [6.07, 6.45) is 2.72. The molecular weight excluding hydrogens is 392 g/mol. The Balaban J connectivity index is 1.56. The van der Waals surface area contributed by atoms with Crippen LogP contribution < -0.4 is 0 Å². The minimum absolute atomic E-state index is 0.197. The second kappa shape index (κ2) is 7.90.